The van der Waals surface area contributed by atoms with E-state index < -0.39 is 0 Å². The molecule has 16 heavy (non-hydrogen) atoms. The molecule has 0 amide bonds. The molecule has 78 valence electrons. The minimum Gasteiger partial charge on any atom is -0.508 e. The van der Waals surface area contributed by atoms with Crippen LogP contribution in [0.1, 0.15) is 0 Å². The maximum Gasteiger partial charge on any atom is 0.134 e. The summed E-state index contributed by atoms with van der Waals surface area (Å²) in [5, 5.41) is 10.3. The van der Waals surface area contributed by atoms with Crippen molar-refractivity contribution in [3.63, 3.8) is 0 Å². The van der Waals surface area contributed by atoms with E-state index in [0.717, 1.165) is 22.2 Å². The average Bonchev–Trinajstić information content (AvgIpc) is 2.73. The third kappa shape index (κ3) is 1.34. The summed E-state index contributed by atoms with van der Waals surface area (Å²) in [5.41, 5.74) is 2.48. The second-order valence-electron chi connectivity index (χ2n) is 3.54. The van der Waals surface area contributed by atoms with Crippen molar-refractivity contribution in [2.75, 3.05) is 0 Å². The van der Waals surface area contributed by atoms with Crippen LogP contribution in [0.25, 0.3) is 22.2 Å². The highest BCUT2D eigenvalue weighted by molar-refractivity contribution is 5.93. The van der Waals surface area contributed by atoms with E-state index in [1.807, 2.05) is 18.2 Å². The van der Waals surface area contributed by atoms with Crippen LogP contribution in [-0.4, -0.2) is 10.1 Å². The van der Waals surface area contributed by atoms with E-state index in [1.54, 1.807) is 30.7 Å². The largest absolute Gasteiger partial charge is 0.508 e. The van der Waals surface area contributed by atoms with Crippen molar-refractivity contribution in [1.82, 2.24) is 4.98 Å². The Morgan fingerprint density at radius 2 is 2.06 bits per heavy atom. The summed E-state index contributed by atoms with van der Waals surface area (Å²) in [6.45, 7) is 0. The molecule has 0 aliphatic heterocycles. The number of nitrogens with zero attached hydrogens (tertiary/aromatic N) is 1. The van der Waals surface area contributed by atoms with Gasteiger partial charge in [0.25, 0.3) is 0 Å². The fraction of sp³-hybridized carbons (Fsp3) is 0. The van der Waals surface area contributed by atoms with Crippen molar-refractivity contribution in [2.45, 2.75) is 0 Å². The Kier molecular flexibility index (Phi) is 1.90. The first-order valence-corrected chi connectivity index (χ1v) is 4.96. The first kappa shape index (κ1) is 8.97. The topological polar surface area (TPSA) is 46.3 Å². The van der Waals surface area contributed by atoms with Crippen LogP contribution in [0.2, 0.25) is 0 Å². The maximum atomic E-state index is 9.46. The molecule has 3 rings (SSSR count). The Morgan fingerprint density at radius 1 is 1.12 bits per heavy atom. The van der Waals surface area contributed by atoms with Crippen LogP contribution in [0.4, 0.5) is 0 Å². The first-order valence-electron chi connectivity index (χ1n) is 4.96. The van der Waals surface area contributed by atoms with Gasteiger partial charge in [-0.05, 0) is 30.3 Å². The lowest BCUT2D eigenvalue weighted by Crippen LogP contribution is -1.79. The number of hydrogen-bond acceptors (Lipinski definition) is 3. The minimum atomic E-state index is 0.228. The lowest BCUT2D eigenvalue weighted by atomic mass is 10.1. The van der Waals surface area contributed by atoms with Crippen molar-refractivity contribution in [3.05, 3.63) is 48.9 Å². The monoisotopic (exact) mass is 211 g/mol. The molecule has 0 unspecified atom stereocenters. The number of fused-ring (bicyclic) bond motifs is 1. The van der Waals surface area contributed by atoms with Crippen LogP contribution in [0.3, 0.4) is 0 Å². The van der Waals surface area contributed by atoms with Gasteiger partial charge in [0.15, 0.2) is 0 Å². The van der Waals surface area contributed by atoms with Crippen molar-refractivity contribution in [1.29, 1.82) is 0 Å². The van der Waals surface area contributed by atoms with Crippen molar-refractivity contribution in [2.24, 2.45) is 0 Å². The van der Waals surface area contributed by atoms with E-state index in [4.69, 9.17) is 4.42 Å². The van der Waals surface area contributed by atoms with E-state index in [0.29, 0.717) is 0 Å². The highest BCUT2D eigenvalue weighted by atomic mass is 16.3. The lowest BCUT2D eigenvalue weighted by Gasteiger charge is -1.96. The molecule has 3 nitrogen and oxygen atoms in total. The second-order valence-corrected chi connectivity index (χ2v) is 3.54. The summed E-state index contributed by atoms with van der Waals surface area (Å²) in [6.07, 6.45) is 3.39. The van der Waals surface area contributed by atoms with Gasteiger partial charge in [-0.2, -0.15) is 0 Å². The molecular formula is C13H9NO2. The van der Waals surface area contributed by atoms with Gasteiger partial charge >= 0.3 is 0 Å². The summed E-state index contributed by atoms with van der Waals surface area (Å²) in [7, 11) is 0. The SMILES string of the molecule is Oc1ccc2occ(-c3ccccn3)c2c1. The zero-order valence-corrected chi connectivity index (χ0v) is 8.42. The number of benzene rings is 1. The van der Waals surface area contributed by atoms with Crippen LogP contribution >= 0.6 is 0 Å². The zero-order valence-electron chi connectivity index (χ0n) is 8.42. The zero-order chi connectivity index (χ0) is 11.0. The lowest BCUT2D eigenvalue weighted by molar-refractivity contribution is 0.476. The number of furan rings is 1. The van der Waals surface area contributed by atoms with Gasteiger partial charge in [0.2, 0.25) is 0 Å². The van der Waals surface area contributed by atoms with E-state index in [-0.39, 0.29) is 5.75 Å². The summed E-state index contributed by atoms with van der Waals surface area (Å²) in [4.78, 5) is 4.26. The van der Waals surface area contributed by atoms with Gasteiger partial charge in [-0.15, -0.1) is 0 Å². The van der Waals surface area contributed by atoms with Gasteiger partial charge in [-0.3, -0.25) is 4.98 Å². The molecule has 0 atom stereocenters. The number of rotatable bonds is 1. The molecule has 0 radical (unpaired) electrons. The standard InChI is InChI=1S/C13H9NO2/c15-9-4-5-13-10(7-9)11(8-16-13)12-3-1-2-6-14-12/h1-8,15H. The first-order chi connectivity index (χ1) is 7.84. The molecule has 0 spiro atoms. The van der Waals surface area contributed by atoms with Crippen molar-refractivity contribution < 1.29 is 9.52 Å². The van der Waals surface area contributed by atoms with Crippen LogP contribution in [0.15, 0.2) is 53.3 Å². The molecule has 2 heterocycles. The predicted molar refractivity (Wildman–Crippen MR) is 61.1 cm³/mol. The van der Waals surface area contributed by atoms with E-state index in [9.17, 15) is 5.11 Å². The van der Waals surface area contributed by atoms with Crippen molar-refractivity contribution >= 4 is 11.0 Å². The molecule has 0 bridgehead atoms. The highest BCUT2D eigenvalue weighted by Crippen LogP contribution is 2.31. The molecule has 3 heteroatoms. The molecule has 0 aliphatic carbocycles. The summed E-state index contributed by atoms with van der Waals surface area (Å²) < 4.78 is 5.41. The van der Waals surface area contributed by atoms with Crippen molar-refractivity contribution in [3.8, 4) is 17.0 Å². The number of phenols is 1. The average molecular weight is 211 g/mol. The van der Waals surface area contributed by atoms with Gasteiger partial charge in [-0.25, -0.2) is 0 Å². The van der Waals surface area contributed by atoms with E-state index in [1.165, 1.54) is 0 Å². The van der Waals surface area contributed by atoms with Crippen LogP contribution in [0.5, 0.6) is 5.75 Å². The summed E-state index contributed by atoms with van der Waals surface area (Å²) >= 11 is 0. The Bertz CT molecular complexity index is 629. The molecule has 0 aliphatic rings. The molecule has 0 fully saturated rings. The molecule has 0 saturated heterocycles. The Morgan fingerprint density at radius 3 is 2.88 bits per heavy atom. The third-order valence-electron chi connectivity index (χ3n) is 2.50. The van der Waals surface area contributed by atoms with Gasteiger partial charge in [0.1, 0.15) is 17.6 Å². The number of aromatic nitrogens is 1. The highest BCUT2D eigenvalue weighted by Gasteiger charge is 2.08. The van der Waals surface area contributed by atoms with Gasteiger partial charge in [0, 0.05) is 17.1 Å². The quantitative estimate of drug-likeness (QED) is 0.672. The molecule has 1 aromatic carbocycles. The maximum absolute atomic E-state index is 9.46. The fourth-order valence-electron chi connectivity index (χ4n) is 1.74. The number of hydrogen-bond donors (Lipinski definition) is 1. The Labute approximate surface area is 92.0 Å². The smallest absolute Gasteiger partial charge is 0.134 e. The Hall–Kier alpha value is -2.29. The van der Waals surface area contributed by atoms with Gasteiger partial charge in [-0.1, -0.05) is 6.07 Å². The summed E-state index contributed by atoms with van der Waals surface area (Å²) in [6, 6.07) is 10.7. The molecule has 1 N–H and O–H groups in total. The molecule has 3 aromatic rings. The second kappa shape index (κ2) is 3.38. The molecule has 2 aromatic heterocycles. The van der Waals surface area contributed by atoms with Crippen LogP contribution in [0, 0.1) is 0 Å². The summed E-state index contributed by atoms with van der Waals surface area (Å²) in [5.74, 6) is 0.228. The van der Waals surface area contributed by atoms with Gasteiger partial charge in [0.05, 0.1) is 5.69 Å². The normalized spacial score (nSPS) is 10.8. The Balaban J connectivity index is 2.29. The molecule has 0 saturated carbocycles. The minimum absolute atomic E-state index is 0.228. The predicted octanol–water partition coefficient (Wildman–Crippen LogP) is 3.20. The van der Waals surface area contributed by atoms with E-state index in [2.05, 4.69) is 4.98 Å². The van der Waals surface area contributed by atoms with Gasteiger partial charge < -0.3 is 9.52 Å². The van der Waals surface area contributed by atoms with E-state index >= 15 is 0 Å². The number of aromatic hydroxyl groups is 1. The van der Waals surface area contributed by atoms with Crippen LogP contribution in [-0.2, 0) is 0 Å². The number of pyridine rings is 1. The third-order valence-corrected chi connectivity index (χ3v) is 2.50. The molecular weight excluding hydrogens is 202 g/mol. The fourth-order valence-corrected chi connectivity index (χ4v) is 1.74. The number of phenolic OH excluding ortho intramolecular Hbond substituents is 1. The van der Waals surface area contributed by atoms with Crippen LogP contribution < -0.4 is 0 Å².